The molecule has 0 N–H and O–H groups in total. The molecular weight excluding hydrogens is 216 g/mol. The lowest BCUT2D eigenvalue weighted by atomic mass is 10.2. The molecule has 0 saturated carbocycles. The van der Waals surface area contributed by atoms with Gasteiger partial charge in [0, 0.05) is 15.4 Å². The van der Waals surface area contributed by atoms with Crippen molar-refractivity contribution in [2.45, 2.75) is 16.7 Å². The minimum absolute atomic E-state index is 0.717. The van der Waals surface area contributed by atoms with Crippen molar-refractivity contribution >= 4 is 18.0 Å². The van der Waals surface area contributed by atoms with Crippen molar-refractivity contribution in [2.24, 2.45) is 0 Å². The van der Waals surface area contributed by atoms with Crippen molar-refractivity contribution < 1.29 is 4.79 Å². The standard InChI is InChI=1S/C14H12OS/c1-11-4-2-3-5-14(11)16-13-8-6-12(10-15)7-9-13/h2-10H,1H3. The number of aryl methyl sites for hydroxylation is 1. The lowest BCUT2D eigenvalue weighted by Crippen LogP contribution is -1.81. The van der Waals surface area contributed by atoms with E-state index in [0.29, 0.717) is 5.56 Å². The van der Waals surface area contributed by atoms with Crippen LogP contribution in [0.5, 0.6) is 0 Å². The van der Waals surface area contributed by atoms with E-state index in [1.54, 1.807) is 11.8 Å². The third-order valence-corrected chi connectivity index (χ3v) is 3.52. The second-order valence-electron chi connectivity index (χ2n) is 3.55. The van der Waals surface area contributed by atoms with E-state index < -0.39 is 0 Å². The maximum Gasteiger partial charge on any atom is 0.150 e. The molecule has 80 valence electrons. The Labute approximate surface area is 99.5 Å². The van der Waals surface area contributed by atoms with E-state index in [4.69, 9.17) is 0 Å². The maximum atomic E-state index is 10.5. The van der Waals surface area contributed by atoms with E-state index in [9.17, 15) is 4.79 Å². The summed E-state index contributed by atoms with van der Waals surface area (Å²) in [7, 11) is 0. The van der Waals surface area contributed by atoms with Crippen molar-refractivity contribution in [1.82, 2.24) is 0 Å². The smallest absolute Gasteiger partial charge is 0.150 e. The predicted molar refractivity (Wildman–Crippen MR) is 67.1 cm³/mol. The molecule has 0 fully saturated rings. The van der Waals surface area contributed by atoms with Gasteiger partial charge in [0.25, 0.3) is 0 Å². The highest BCUT2D eigenvalue weighted by atomic mass is 32.2. The first-order valence-corrected chi connectivity index (χ1v) is 5.90. The van der Waals surface area contributed by atoms with E-state index in [-0.39, 0.29) is 0 Å². The van der Waals surface area contributed by atoms with E-state index in [1.165, 1.54) is 10.5 Å². The molecule has 0 bridgehead atoms. The molecule has 0 unspecified atom stereocenters. The molecule has 0 radical (unpaired) electrons. The topological polar surface area (TPSA) is 17.1 Å². The fraction of sp³-hybridized carbons (Fsp3) is 0.0714. The summed E-state index contributed by atoms with van der Waals surface area (Å²) in [5, 5.41) is 0. The lowest BCUT2D eigenvalue weighted by molar-refractivity contribution is 0.112. The van der Waals surface area contributed by atoms with Gasteiger partial charge in [0.15, 0.2) is 0 Å². The summed E-state index contributed by atoms with van der Waals surface area (Å²) in [6, 6.07) is 15.9. The highest BCUT2D eigenvalue weighted by Gasteiger charge is 2.00. The monoisotopic (exact) mass is 228 g/mol. The molecule has 16 heavy (non-hydrogen) atoms. The number of hydrogen-bond acceptors (Lipinski definition) is 2. The summed E-state index contributed by atoms with van der Waals surface area (Å²) in [5.74, 6) is 0. The zero-order valence-corrected chi connectivity index (χ0v) is 9.83. The predicted octanol–water partition coefficient (Wildman–Crippen LogP) is 3.96. The summed E-state index contributed by atoms with van der Waals surface area (Å²) in [4.78, 5) is 12.9. The molecule has 0 atom stereocenters. The minimum atomic E-state index is 0.717. The van der Waals surface area contributed by atoms with Gasteiger partial charge in [-0.05, 0) is 30.7 Å². The minimum Gasteiger partial charge on any atom is -0.298 e. The lowest BCUT2D eigenvalue weighted by Gasteiger charge is -2.04. The second kappa shape index (κ2) is 4.99. The second-order valence-corrected chi connectivity index (χ2v) is 4.67. The summed E-state index contributed by atoms with van der Waals surface area (Å²) in [5.41, 5.74) is 1.99. The van der Waals surface area contributed by atoms with Crippen molar-refractivity contribution in [2.75, 3.05) is 0 Å². The molecule has 0 saturated heterocycles. The zero-order chi connectivity index (χ0) is 11.4. The van der Waals surface area contributed by atoms with Crippen LogP contribution in [0, 0.1) is 6.92 Å². The number of hydrogen-bond donors (Lipinski definition) is 0. The van der Waals surface area contributed by atoms with Crippen molar-refractivity contribution in [1.29, 1.82) is 0 Å². The van der Waals surface area contributed by atoms with Gasteiger partial charge >= 0.3 is 0 Å². The Balaban J connectivity index is 2.21. The normalized spacial score (nSPS) is 10.1. The Morgan fingerprint density at radius 1 is 1.00 bits per heavy atom. The summed E-state index contributed by atoms with van der Waals surface area (Å²) >= 11 is 1.72. The van der Waals surface area contributed by atoms with Gasteiger partial charge in [-0.15, -0.1) is 0 Å². The number of benzene rings is 2. The fourth-order valence-electron chi connectivity index (χ4n) is 1.41. The SMILES string of the molecule is Cc1ccccc1Sc1ccc(C=O)cc1. The third kappa shape index (κ3) is 2.52. The highest BCUT2D eigenvalue weighted by Crippen LogP contribution is 2.29. The average Bonchev–Trinajstić information content (AvgIpc) is 2.33. The van der Waals surface area contributed by atoms with Crippen LogP contribution in [0.4, 0.5) is 0 Å². The van der Waals surface area contributed by atoms with E-state index in [2.05, 4.69) is 19.1 Å². The van der Waals surface area contributed by atoms with Crippen LogP contribution >= 0.6 is 11.8 Å². The number of rotatable bonds is 3. The van der Waals surface area contributed by atoms with Gasteiger partial charge in [-0.1, -0.05) is 42.1 Å². The molecule has 0 aliphatic rings. The molecule has 0 aliphatic carbocycles. The quantitative estimate of drug-likeness (QED) is 0.740. The van der Waals surface area contributed by atoms with Crippen LogP contribution in [0.3, 0.4) is 0 Å². The number of carbonyl (C=O) groups is 1. The molecule has 0 spiro atoms. The molecule has 2 aromatic carbocycles. The highest BCUT2D eigenvalue weighted by molar-refractivity contribution is 7.99. The molecule has 0 amide bonds. The average molecular weight is 228 g/mol. The van der Waals surface area contributed by atoms with E-state index in [0.717, 1.165) is 11.2 Å². The number of aldehydes is 1. The van der Waals surface area contributed by atoms with Crippen LogP contribution in [0.15, 0.2) is 58.3 Å². The molecule has 0 aliphatic heterocycles. The third-order valence-electron chi connectivity index (χ3n) is 2.34. The van der Waals surface area contributed by atoms with Crippen LogP contribution in [0.25, 0.3) is 0 Å². The fourth-order valence-corrected chi connectivity index (χ4v) is 2.31. The first kappa shape index (κ1) is 11.0. The van der Waals surface area contributed by atoms with Crippen LogP contribution in [0.1, 0.15) is 15.9 Å². The molecule has 0 aromatic heterocycles. The Morgan fingerprint density at radius 2 is 1.69 bits per heavy atom. The summed E-state index contributed by atoms with van der Waals surface area (Å²) < 4.78 is 0. The van der Waals surface area contributed by atoms with Gasteiger partial charge in [0.1, 0.15) is 6.29 Å². The Morgan fingerprint density at radius 3 is 2.31 bits per heavy atom. The van der Waals surface area contributed by atoms with Gasteiger partial charge in [-0.25, -0.2) is 0 Å². The molecular formula is C14H12OS. The van der Waals surface area contributed by atoms with E-state index >= 15 is 0 Å². The first-order valence-electron chi connectivity index (χ1n) is 5.08. The van der Waals surface area contributed by atoms with Gasteiger partial charge < -0.3 is 0 Å². The van der Waals surface area contributed by atoms with Crippen LogP contribution in [-0.2, 0) is 0 Å². The molecule has 2 aromatic rings. The number of carbonyl (C=O) groups excluding carboxylic acids is 1. The van der Waals surface area contributed by atoms with Crippen molar-refractivity contribution in [3.05, 3.63) is 59.7 Å². The zero-order valence-electron chi connectivity index (χ0n) is 9.01. The van der Waals surface area contributed by atoms with E-state index in [1.807, 2.05) is 36.4 Å². The largest absolute Gasteiger partial charge is 0.298 e. The van der Waals surface area contributed by atoms with Crippen molar-refractivity contribution in [3.63, 3.8) is 0 Å². The summed E-state index contributed by atoms with van der Waals surface area (Å²) in [6.07, 6.45) is 0.863. The van der Waals surface area contributed by atoms with Gasteiger partial charge in [-0.2, -0.15) is 0 Å². The maximum absolute atomic E-state index is 10.5. The van der Waals surface area contributed by atoms with Gasteiger partial charge in [0.05, 0.1) is 0 Å². The van der Waals surface area contributed by atoms with Gasteiger partial charge in [0.2, 0.25) is 0 Å². The Kier molecular flexibility index (Phi) is 3.42. The first-order chi connectivity index (χ1) is 7.79. The molecule has 1 nitrogen and oxygen atoms in total. The Bertz CT molecular complexity index is 488. The molecule has 2 rings (SSSR count). The van der Waals surface area contributed by atoms with Crippen molar-refractivity contribution in [3.8, 4) is 0 Å². The van der Waals surface area contributed by atoms with Gasteiger partial charge in [-0.3, -0.25) is 4.79 Å². The molecule has 2 heteroatoms. The van der Waals surface area contributed by atoms with Crippen LogP contribution in [0.2, 0.25) is 0 Å². The molecule has 0 heterocycles. The summed E-state index contributed by atoms with van der Waals surface area (Å²) in [6.45, 7) is 2.10. The van der Waals surface area contributed by atoms with Crippen LogP contribution in [-0.4, -0.2) is 6.29 Å². The Hall–Kier alpha value is -1.54. The van der Waals surface area contributed by atoms with Crippen LogP contribution < -0.4 is 0 Å².